The number of hydrogen-bond acceptors (Lipinski definition) is 2. The maximum absolute atomic E-state index is 13.1. The Morgan fingerprint density at radius 2 is 2.00 bits per heavy atom. The molecule has 118 valence electrons. The molecule has 0 radical (unpaired) electrons. The molecule has 2 aliphatic rings. The van der Waals surface area contributed by atoms with Gasteiger partial charge in [0.05, 0.1) is 6.04 Å². The van der Waals surface area contributed by atoms with Crippen molar-refractivity contribution in [2.75, 3.05) is 18.9 Å². The Morgan fingerprint density at radius 3 is 2.91 bits per heavy atom. The Kier molecular flexibility index (Phi) is 3.56. The molecule has 0 saturated carbocycles. The summed E-state index contributed by atoms with van der Waals surface area (Å²) in [5.74, 6) is 0.146. The number of rotatable bonds is 2. The number of benzene rings is 2. The van der Waals surface area contributed by atoms with Gasteiger partial charge in [-0.15, -0.1) is 0 Å². The molecular formula is C20H22N2O. The third-order valence-electron chi connectivity index (χ3n) is 5.21. The fraction of sp³-hybridized carbons (Fsp3) is 0.350. The predicted octanol–water partition coefficient (Wildman–Crippen LogP) is 3.80. The first kappa shape index (κ1) is 14.3. The molecular weight excluding hydrogens is 284 g/mol. The van der Waals surface area contributed by atoms with Crippen molar-refractivity contribution in [3.05, 3.63) is 64.7 Å². The van der Waals surface area contributed by atoms with E-state index < -0.39 is 0 Å². The minimum absolute atomic E-state index is 0.146. The van der Waals surface area contributed by atoms with Crippen LogP contribution in [0.3, 0.4) is 0 Å². The lowest BCUT2D eigenvalue weighted by atomic mass is 9.96. The largest absolute Gasteiger partial charge is 0.385 e. The highest BCUT2D eigenvalue weighted by molar-refractivity contribution is 5.97. The van der Waals surface area contributed by atoms with Crippen molar-refractivity contribution in [1.29, 1.82) is 0 Å². The zero-order valence-corrected chi connectivity index (χ0v) is 13.5. The van der Waals surface area contributed by atoms with Crippen LogP contribution < -0.4 is 5.32 Å². The number of anilines is 1. The third kappa shape index (κ3) is 2.40. The van der Waals surface area contributed by atoms with Crippen molar-refractivity contribution in [2.45, 2.75) is 31.7 Å². The molecule has 4 rings (SSSR count). The van der Waals surface area contributed by atoms with Gasteiger partial charge in [0, 0.05) is 24.8 Å². The van der Waals surface area contributed by atoms with Crippen LogP contribution in [0.1, 0.15) is 45.9 Å². The molecule has 1 atom stereocenters. The Bertz CT molecular complexity index is 753. The van der Waals surface area contributed by atoms with E-state index in [-0.39, 0.29) is 11.9 Å². The fourth-order valence-corrected chi connectivity index (χ4v) is 3.98. The molecule has 2 aromatic rings. The van der Waals surface area contributed by atoms with Gasteiger partial charge in [-0.25, -0.2) is 0 Å². The van der Waals surface area contributed by atoms with Crippen molar-refractivity contribution in [2.24, 2.45) is 0 Å². The van der Waals surface area contributed by atoms with E-state index in [0.717, 1.165) is 43.5 Å². The average Bonchev–Trinajstić information content (AvgIpc) is 3.04. The zero-order valence-electron chi connectivity index (χ0n) is 13.5. The number of fused-ring (bicyclic) bond motifs is 2. The van der Waals surface area contributed by atoms with Gasteiger partial charge in [0.25, 0.3) is 5.91 Å². The Labute approximate surface area is 137 Å². The molecule has 1 aliphatic heterocycles. The molecule has 1 unspecified atom stereocenters. The Balaban J connectivity index is 1.65. The highest BCUT2D eigenvalue weighted by Gasteiger charge is 2.30. The summed E-state index contributed by atoms with van der Waals surface area (Å²) in [6, 6.07) is 14.8. The van der Waals surface area contributed by atoms with Crippen molar-refractivity contribution < 1.29 is 4.79 Å². The summed E-state index contributed by atoms with van der Waals surface area (Å²) in [6.07, 6.45) is 4.16. The molecule has 0 bridgehead atoms. The van der Waals surface area contributed by atoms with Crippen LogP contribution >= 0.6 is 0 Å². The van der Waals surface area contributed by atoms with Gasteiger partial charge in [0.2, 0.25) is 0 Å². The number of hydrogen-bond donors (Lipinski definition) is 1. The third-order valence-corrected chi connectivity index (χ3v) is 5.21. The van der Waals surface area contributed by atoms with Gasteiger partial charge in [0.1, 0.15) is 0 Å². The van der Waals surface area contributed by atoms with E-state index in [0.29, 0.717) is 0 Å². The van der Waals surface area contributed by atoms with Crippen LogP contribution in [0.4, 0.5) is 5.69 Å². The number of carbonyl (C=O) groups is 1. The molecule has 1 heterocycles. The normalized spacial score (nSPS) is 18.7. The van der Waals surface area contributed by atoms with E-state index in [9.17, 15) is 4.79 Å². The Hall–Kier alpha value is -2.29. The lowest BCUT2D eigenvalue weighted by Gasteiger charge is -2.28. The van der Waals surface area contributed by atoms with Gasteiger partial charge in [-0.1, -0.05) is 30.3 Å². The summed E-state index contributed by atoms with van der Waals surface area (Å²) >= 11 is 0. The summed E-state index contributed by atoms with van der Waals surface area (Å²) in [5.41, 5.74) is 5.87. The first-order valence-corrected chi connectivity index (χ1v) is 8.46. The highest BCUT2D eigenvalue weighted by atomic mass is 16.2. The molecule has 0 spiro atoms. The molecule has 2 aromatic carbocycles. The molecule has 23 heavy (non-hydrogen) atoms. The van der Waals surface area contributed by atoms with Gasteiger partial charge in [-0.2, -0.15) is 0 Å². The van der Waals surface area contributed by atoms with Gasteiger partial charge in [0.15, 0.2) is 0 Å². The molecule has 3 nitrogen and oxygen atoms in total. The number of nitrogens with one attached hydrogen (secondary N) is 1. The molecule has 0 aromatic heterocycles. The van der Waals surface area contributed by atoms with E-state index in [4.69, 9.17) is 0 Å². The molecule has 0 saturated heterocycles. The van der Waals surface area contributed by atoms with E-state index in [2.05, 4.69) is 35.6 Å². The van der Waals surface area contributed by atoms with Crippen LogP contribution in [-0.2, 0) is 12.8 Å². The maximum Gasteiger partial charge on any atom is 0.254 e. The van der Waals surface area contributed by atoms with E-state index in [1.54, 1.807) is 0 Å². The maximum atomic E-state index is 13.1. The van der Waals surface area contributed by atoms with Crippen molar-refractivity contribution in [3.8, 4) is 0 Å². The van der Waals surface area contributed by atoms with Crippen LogP contribution in [0.25, 0.3) is 0 Å². The molecule has 1 N–H and O–H groups in total. The zero-order chi connectivity index (χ0) is 15.8. The number of nitrogens with zero attached hydrogens (tertiary/aromatic N) is 1. The van der Waals surface area contributed by atoms with Crippen LogP contribution in [0.5, 0.6) is 0 Å². The second-order valence-corrected chi connectivity index (χ2v) is 6.53. The Morgan fingerprint density at radius 1 is 1.13 bits per heavy atom. The minimum Gasteiger partial charge on any atom is -0.385 e. The average molecular weight is 306 g/mol. The summed E-state index contributed by atoms with van der Waals surface area (Å²) in [4.78, 5) is 15.1. The second-order valence-electron chi connectivity index (χ2n) is 6.53. The van der Waals surface area contributed by atoms with E-state index >= 15 is 0 Å². The van der Waals surface area contributed by atoms with Crippen LogP contribution in [-0.4, -0.2) is 24.4 Å². The second kappa shape index (κ2) is 5.73. The monoisotopic (exact) mass is 306 g/mol. The van der Waals surface area contributed by atoms with E-state index in [1.807, 2.05) is 24.1 Å². The summed E-state index contributed by atoms with van der Waals surface area (Å²) in [7, 11) is 1.95. The molecule has 0 fully saturated rings. The predicted molar refractivity (Wildman–Crippen MR) is 92.9 cm³/mol. The number of carbonyl (C=O) groups excluding carboxylic acids is 1. The van der Waals surface area contributed by atoms with Crippen LogP contribution in [0.2, 0.25) is 0 Å². The quantitative estimate of drug-likeness (QED) is 0.915. The number of amides is 1. The summed E-state index contributed by atoms with van der Waals surface area (Å²) < 4.78 is 0. The summed E-state index contributed by atoms with van der Waals surface area (Å²) in [5, 5.41) is 3.41. The summed E-state index contributed by atoms with van der Waals surface area (Å²) in [6.45, 7) is 0.997. The van der Waals surface area contributed by atoms with Gasteiger partial charge in [-0.3, -0.25) is 4.79 Å². The van der Waals surface area contributed by atoms with Gasteiger partial charge < -0.3 is 10.2 Å². The first-order valence-electron chi connectivity index (χ1n) is 8.46. The van der Waals surface area contributed by atoms with Crippen molar-refractivity contribution in [3.63, 3.8) is 0 Å². The van der Waals surface area contributed by atoms with Gasteiger partial charge >= 0.3 is 0 Å². The highest BCUT2D eigenvalue weighted by Crippen LogP contribution is 2.36. The van der Waals surface area contributed by atoms with Crippen molar-refractivity contribution in [1.82, 2.24) is 4.90 Å². The standard InChI is InChI=1S/C20H22N2O/c1-22(19-12-11-14-6-2-3-7-15(14)19)20(23)17-8-4-10-18-16(17)9-5-13-21-18/h2-4,6-8,10,19,21H,5,9,11-13H2,1H3. The molecule has 1 aliphatic carbocycles. The smallest absolute Gasteiger partial charge is 0.254 e. The molecule has 3 heteroatoms. The lowest BCUT2D eigenvalue weighted by Crippen LogP contribution is -2.31. The van der Waals surface area contributed by atoms with Crippen LogP contribution in [0.15, 0.2) is 42.5 Å². The first-order chi connectivity index (χ1) is 11.3. The SMILES string of the molecule is CN(C(=O)c1cccc2c1CCCN2)C1CCc2ccccc21. The van der Waals surface area contributed by atoms with Crippen molar-refractivity contribution >= 4 is 11.6 Å². The molecule has 1 amide bonds. The minimum atomic E-state index is 0.146. The van der Waals surface area contributed by atoms with Gasteiger partial charge in [-0.05, 0) is 54.5 Å². The fourth-order valence-electron chi connectivity index (χ4n) is 3.98. The topological polar surface area (TPSA) is 32.3 Å². The van der Waals surface area contributed by atoms with E-state index in [1.165, 1.54) is 16.7 Å². The number of aryl methyl sites for hydroxylation is 1. The lowest BCUT2D eigenvalue weighted by molar-refractivity contribution is 0.0729. The van der Waals surface area contributed by atoms with Crippen LogP contribution in [0, 0.1) is 0 Å².